The summed E-state index contributed by atoms with van der Waals surface area (Å²) in [5, 5.41) is 0. The van der Waals surface area contributed by atoms with Gasteiger partial charge >= 0.3 is 0 Å². The van der Waals surface area contributed by atoms with E-state index in [1.165, 1.54) is 0 Å². The van der Waals surface area contributed by atoms with E-state index in [0.29, 0.717) is 5.82 Å². The van der Waals surface area contributed by atoms with Gasteiger partial charge in [0.05, 0.1) is 4.47 Å². The molecular weight excluding hydrogens is 230 g/mol. The molecule has 0 saturated heterocycles. The van der Waals surface area contributed by atoms with E-state index < -0.39 is 0 Å². The number of nitrogens with two attached hydrogens (primary N) is 2. The molecule has 1 unspecified atom stereocenters. The molecule has 0 fully saturated rings. The van der Waals surface area contributed by atoms with Crippen molar-refractivity contribution >= 4 is 21.7 Å². The minimum atomic E-state index is -0.0538. The third-order valence-electron chi connectivity index (χ3n) is 1.74. The molecule has 1 rings (SSSR count). The first-order valence-electron chi connectivity index (χ1n) is 3.92. The summed E-state index contributed by atoms with van der Waals surface area (Å²) in [6, 6.07) is 1.83. The topological polar surface area (TPSA) is 64.9 Å². The minimum absolute atomic E-state index is 0.0538. The van der Waals surface area contributed by atoms with Gasteiger partial charge in [-0.05, 0) is 34.0 Å². The summed E-state index contributed by atoms with van der Waals surface area (Å²) < 4.78 is 0.782. The summed E-state index contributed by atoms with van der Waals surface area (Å²) in [5.41, 5.74) is 12.4. The predicted molar refractivity (Wildman–Crippen MR) is 58.1 cm³/mol. The number of rotatable bonds is 3. The fourth-order valence-electron chi connectivity index (χ4n) is 0.982. The minimum Gasteiger partial charge on any atom is -0.383 e. The zero-order chi connectivity index (χ0) is 9.84. The zero-order valence-corrected chi connectivity index (χ0v) is 8.79. The van der Waals surface area contributed by atoms with E-state index in [2.05, 4.69) is 27.5 Å². The normalized spacial score (nSPS) is 12.5. The van der Waals surface area contributed by atoms with Crippen molar-refractivity contribution in [3.05, 3.63) is 35.0 Å². The number of anilines is 1. The van der Waals surface area contributed by atoms with Crippen LogP contribution >= 0.6 is 15.9 Å². The maximum absolute atomic E-state index is 5.85. The van der Waals surface area contributed by atoms with Crippen LogP contribution in [0.3, 0.4) is 0 Å². The van der Waals surface area contributed by atoms with Gasteiger partial charge in [0.2, 0.25) is 0 Å². The van der Waals surface area contributed by atoms with Gasteiger partial charge in [-0.25, -0.2) is 4.98 Å². The Balaban J connectivity index is 2.89. The second-order valence-electron chi connectivity index (χ2n) is 2.77. The quantitative estimate of drug-likeness (QED) is 0.796. The molecule has 0 aliphatic heterocycles. The Morgan fingerprint density at radius 3 is 2.92 bits per heavy atom. The molecule has 0 bridgehead atoms. The standard InChI is InChI=1S/C9H12BrN3/c1-2-3-8(11)6-4-7(10)9(12)13-5-6/h2,4-5,8H,1,3,11H2,(H2,12,13). The summed E-state index contributed by atoms with van der Waals surface area (Å²) in [6.07, 6.45) is 4.21. The molecule has 0 spiro atoms. The molecular formula is C9H12BrN3. The molecule has 0 aliphatic rings. The molecule has 1 aromatic rings. The van der Waals surface area contributed by atoms with E-state index in [-0.39, 0.29) is 6.04 Å². The van der Waals surface area contributed by atoms with E-state index >= 15 is 0 Å². The predicted octanol–water partition coefficient (Wildman–Crippen LogP) is 2.00. The average molecular weight is 242 g/mol. The number of nitrogen functional groups attached to an aromatic ring is 1. The Morgan fingerprint density at radius 2 is 2.38 bits per heavy atom. The van der Waals surface area contributed by atoms with Crippen molar-refractivity contribution in [1.29, 1.82) is 0 Å². The summed E-state index contributed by atoms with van der Waals surface area (Å²) in [7, 11) is 0. The Hall–Kier alpha value is -0.870. The van der Waals surface area contributed by atoms with Gasteiger partial charge in [-0.1, -0.05) is 6.08 Å². The third kappa shape index (κ3) is 2.54. The highest BCUT2D eigenvalue weighted by atomic mass is 79.9. The van der Waals surface area contributed by atoms with Crippen molar-refractivity contribution in [1.82, 2.24) is 4.98 Å². The first-order valence-corrected chi connectivity index (χ1v) is 4.72. The Labute approximate surface area is 86.0 Å². The molecule has 0 amide bonds. The van der Waals surface area contributed by atoms with E-state index in [4.69, 9.17) is 11.5 Å². The van der Waals surface area contributed by atoms with Gasteiger partial charge in [-0.2, -0.15) is 0 Å². The average Bonchev–Trinajstić information content (AvgIpc) is 2.10. The lowest BCUT2D eigenvalue weighted by Gasteiger charge is -2.09. The molecule has 3 nitrogen and oxygen atoms in total. The fraction of sp³-hybridized carbons (Fsp3) is 0.222. The summed E-state index contributed by atoms with van der Waals surface area (Å²) >= 11 is 3.30. The largest absolute Gasteiger partial charge is 0.383 e. The molecule has 4 N–H and O–H groups in total. The molecule has 70 valence electrons. The van der Waals surface area contributed by atoms with Crippen molar-refractivity contribution < 1.29 is 0 Å². The number of aromatic nitrogens is 1. The van der Waals surface area contributed by atoms with Gasteiger partial charge in [0.25, 0.3) is 0 Å². The molecule has 1 aromatic heterocycles. The Morgan fingerprint density at radius 1 is 1.69 bits per heavy atom. The molecule has 13 heavy (non-hydrogen) atoms. The van der Waals surface area contributed by atoms with Crippen LogP contribution in [0.2, 0.25) is 0 Å². The number of pyridine rings is 1. The van der Waals surface area contributed by atoms with Crippen LogP contribution in [-0.4, -0.2) is 4.98 Å². The van der Waals surface area contributed by atoms with Crippen molar-refractivity contribution in [2.45, 2.75) is 12.5 Å². The van der Waals surface area contributed by atoms with Crippen molar-refractivity contribution in [3.63, 3.8) is 0 Å². The SMILES string of the molecule is C=CCC(N)c1cnc(N)c(Br)c1. The van der Waals surface area contributed by atoms with Gasteiger partial charge in [0.1, 0.15) is 5.82 Å². The molecule has 0 radical (unpaired) electrons. The highest BCUT2D eigenvalue weighted by Gasteiger charge is 2.06. The number of nitrogens with zero attached hydrogens (tertiary/aromatic N) is 1. The fourth-order valence-corrected chi connectivity index (χ4v) is 1.35. The van der Waals surface area contributed by atoms with Gasteiger partial charge in [0.15, 0.2) is 0 Å². The summed E-state index contributed by atoms with van der Waals surface area (Å²) in [5.74, 6) is 0.481. The van der Waals surface area contributed by atoms with Crippen LogP contribution in [-0.2, 0) is 0 Å². The van der Waals surface area contributed by atoms with E-state index in [1.807, 2.05) is 6.07 Å². The van der Waals surface area contributed by atoms with Crippen LogP contribution in [0, 0.1) is 0 Å². The zero-order valence-electron chi connectivity index (χ0n) is 7.20. The maximum atomic E-state index is 5.85. The maximum Gasteiger partial charge on any atom is 0.137 e. The van der Waals surface area contributed by atoms with Gasteiger partial charge in [-0.15, -0.1) is 6.58 Å². The number of hydrogen-bond donors (Lipinski definition) is 2. The smallest absolute Gasteiger partial charge is 0.137 e. The molecule has 1 atom stereocenters. The molecule has 0 aromatic carbocycles. The van der Waals surface area contributed by atoms with E-state index in [1.54, 1.807) is 12.3 Å². The first kappa shape index (κ1) is 10.2. The highest BCUT2D eigenvalue weighted by molar-refractivity contribution is 9.10. The van der Waals surface area contributed by atoms with Crippen LogP contribution < -0.4 is 11.5 Å². The lowest BCUT2D eigenvalue weighted by Crippen LogP contribution is -2.09. The monoisotopic (exact) mass is 241 g/mol. The lowest BCUT2D eigenvalue weighted by molar-refractivity contribution is 0.737. The molecule has 1 heterocycles. The molecule has 0 aliphatic carbocycles. The second kappa shape index (κ2) is 4.39. The van der Waals surface area contributed by atoms with Crippen molar-refractivity contribution in [2.75, 3.05) is 5.73 Å². The van der Waals surface area contributed by atoms with Crippen LogP contribution in [0.4, 0.5) is 5.82 Å². The van der Waals surface area contributed by atoms with Gasteiger partial charge in [0, 0.05) is 12.2 Å². The number of halogens is 1. The third-order valence-corrected chi connectivity index (χ3v) is 2.37. The summed E-state index contributed by atoms with van der Waals surface area (Å²) in [6.45, 7) is 3.63. The van der Waals surface area contributed by atoms with Gasteiger partial charge in [-0.3, -0.25) is 0 Å². The number of hydrogen-bond acceptors (Lipinski definition) is 3. The highest BCUT2D eigenvalue weighted by Crippen LogP contribution is 2.22. The van der Waals surface area contributed by atoms with Gasteiger partial charge < -0.3 is 11.5 Å². The van der Waals surface area contributed by atoms with Crippen LogP contribution in [0.5, 0.6) is 0 Å². The molecule has 0 saturated carbocycles. The second-order valence-corrected chi connectivity index (χ2v) is 3.62. The van der Waals surface area contributed by atoms with Crippen LogP contribution in [0.25, 0.3) is 0 Å². The first-order chi connectivity index (χ1) is 6.15. The van der Waals surface area contributed by atoms with Crippen molar-refractivity contribution in [3.8, 4) is 0 Å². The Bertz CT molecular complexity index is 312. The lowest BCUT2D eigenvalue weighted by atomic mass is 10.1. The van der Waals surface area contributed by atoms with E-state index in [0.717, 1.165) is 16.5 Å². The van der Waals surface area contributed by atoms with Crippen molar-refractivity contribution in [2.24, 2.45) is 5.73 Å². The van der Waals surface area contributed by atoms with Crippen LogP contribution in [0.15, 0.2) is 29.4 Å². The Kier molecular flexibility index (Phi) is 3.45. The van der Waals surface area contributed by atoms with E-state index in [9.17, 15) is 0 Å². The summed E-state index contributed by atoms with van der Waals surface area (Å²) in [4.78, 5) is 4.00. The van der Waals surface area contributed by atoms with Crippen LogP contribution in [0.1, 0.15) is 18.0 Å². The molecule has 4 heteroatoms.